The lowest BCUT2D eigenvalue weighted by molar-refractivity contribution is -0.167. The van der Waals surface area contributed by atoms with Crippen LogP contribution in [-0.2, 0) is 19.6 Å². The molecule has 0 aliphatic heterocycles. The lowest BCUT2D eigenvalue weighted by Crippen LogP contribution is -2.29. The molecule has 212 valence electrons. The van der Waals surface area contributed by atoms with E-state index < -0.39 is 22.1 Å². The maximum atomic E-state index is 12.9. The molecule has 0 radical (unpaired) electrons. The molecule has 2 heterocycles. The molecule has 2 aromatic heterocycles. The molecule has 0 spiro atoms. The van der Waals surface area contributed by atoms with Crippen LogP contribution < -0.4 is 15.4 Å². The lowest BCUT2D eigenvalue weighted by Gasteiger charge is -2.12. The van der Waals surface area contributed by atoms with Gasteiger partial charge in [-0.3, -0.25) is 14.3 Å². The zero-order chi connectivity index (χ0) is 29.4. The molecule has 41 heavy (non-hydrogen) atoms. The van der Waals surface area contributed by atoms with Crippen molar-refractivity contribution in [2.24, 2.45) is 5.41 Å². The molecular weight excluding hydrogens is 565 g/mol. The predicted octanol–water partition coefficient (Wildman–Crippen LogP) is 4.84. The van der Waals surface area contributed by atoms with Gasteiger partial charge in [0, 0.05) is 16.7 Å². The molecule has 0 bridgehead atoms. The van der Waals surface area contributed by atoms with Gasteiger partial charge in [-0.25, -0.2) is 13.4 Å². The van der Waals surface area contributed by atoms with Crippen molar-refractivity contribution in [3.63, 3.8) is 0 Å². The number of benzene rings is 2. The van der Waals surface area contributed by atoms with E-state index in [1.165, 1.54) is 42.5 Å². The third-order valence-electron chi connectivity index (χ3n) is 6.27. The predicted molar refractivity (Wildman–Crippen MR) is 141 cm³/mol. The number of sulfonamides is 1. The molecule has 5 rings (SSSR count). The first-order valence-electron chi connectivity index (χ1n) is 12.1. The first-order chi connectivity index (χ1) is 19.3. The number of carbonyl (C=O) groups is 2. The molecule has 0 atom stereocenters. The largest absolute Gasteiger partial charge is 0.471 e. The minimum atomic E-state index is -5.04. The Labute approximate surface area is 231 Å². The first-order valence-corrected chi connectivity index (χ1v) is 13.5. The van der Waals surface area contributed by atoms with Gasteiger partial charge in [0.1, 0.15) is 5.69 Å². The summed E-state index contributed by atoms with van der Waals surface area (Å²) in [6, 6.07) is 14.5. The van der Waals surface area contributed by atoms with Gasteiger partial charge in [-0.05, 0) is 67.4 Å². The average molecular weight is 587 g/mol. The number of carbonyl (C=O) groups excluding carboxylic acids is 2. The number of amides is 2. The molecule has 3 N–H and O–H groups in total. The van der Waals surface area contributed by atoms with Gasteiger partial charge in [0.25, 0.3) is 15.9 Å². The zero-order valence-corrected chi connectivity index (χ0v) is 22.0. The number of halogens is 3. The molecule has 0 saturated heterocycles. The fraction of sp³-hybridized carbons (Fsp3) is 0.192. The SMILES string of the molecule is CC1(C(=O)Nc2cccc(NS(=O)(=O)c3ccc(-c4noc(-c5ccc(NC(=O)C(F)(F)F)cn5)n4)cc3)c2)CC1. The molecule has 2 amide bonds. The van der Waals surface area contributed by atoms with Crippen LogP contribution in [0, 0.1) is 5.41 Å². The molecule has 1 saturated carbocycles. The van der Waals surface area contributed by atoms with Crippen LogP contribution in [0.25, 0.3) is 23.0 Å². The second-order valence-corrected chi connectivity index (χ2v) is 11.2. The summed E-state index contributed by atoms with van der Waals surface area (Å²) in [5.41, 5.74) is 0.753. The normalized spacial score (nSPS) is 14.2. The smallest absolute Gasteiger partial charge is 0.332 e. The summed E-state index contributed by atoms with van der Waals surface area (Å²) in [6.07, 6.45) is -2.41. The second kappa shape index (κ2) is 10.3. The van der Waals surface area contributed by atoms with Crippen molar-refractivity contribution in [2.75, 3.05) is 15.4 Å². The van der Waals surface area contributed by atoms with Crippen LogP contribution in [0.3, 0.4) is 0 Å². The maximum Gasteiger partial charge on any atom is 0.471 e. The summed E-state index contributed by atoms with van der Waals surface area (Å²) in [4.78, 5) is 31.4. The Kier molecular flexibility index (Phi) is 6.98. The third-order valence-corrected chi connectivity index (χ3v) is 7.66. The average Bonchev–Trinajstić information content (AvgIpc) is 3.49. The van der Waals surface area contributed by atoms with Gasteiger partial charge in [0.15, 0.2) is 0 Å². The second-order valence-electron chi connectivity index (χ2n) is 9.53. The number of aromatic nitrogens is 3. The minimum Gasteiger partial charge on any atom is -0.332 e. The minimum absolute atomic E-state index is 0.0388. The van der Waals surface area contributed by atoms with E-state index in [-0.39, 0.29) is 45.0 Å². The molecule has 1 fully saturated rings. The molecule has 1 aliphatic carbocycles. The molecular formula is C26H21F3N6O5S. The van der Waals surface area contributed by atoms with E-state index in [2.05, 4.69) is 25.2 Å². The van der Waals surface area contributed by atoms with Gasteiger partial charge in [-0.2, -0.15) is 18.2 Å². The van der Waals surface area contributed by atoms with Gasteiger partial charge in [0.2, 0.25) is 11.7 Å². The molecule has 0 unspecified atom stereocenters. The number of pyridine rings is 1. The molecule has 11 nitrogen and oxygen atoms in total. The van der Waals surface area contributed by atoms with E-state index in [1.54, 1.807) is 23.5 Å². The highest BCUT2D eigenvalue weighted by molar-refractivity contribution is 7.92. The van der Waals surface area contributed by atoms with Crippen molar-refractivity contribution in [3.05, 3.63) is 66.9 Å². The van der Waals surface area contributed by atoms with Crippen molar-refractivity contribution in [3.8, 4) is 23.0 Å². The highest BCUT2D eigenvalue weighted by Gasteiger charge is 2.44. The summed E-state index contributed by atoms with van der Waals surface area (Å²) < 4.78 is 70.8. The summed E-state index contributed by atoms with van der Waals surface area (Å²) >= 11 is 0. The Bertz CT molecular complexity index is 1720. The van der Waals surface area contributed by atoms with Crippen LogP contribution in [0.5, 0.6) is 0 Å². The number of alkyl halides is 3. The topological polar surface area (TPSA) is 156 Å². The number of anilines is 3. The monoisotopic (exact) mass is 586 g/mol. The van der Waals surface area contributed by atoms with Crippen LogP contribution in [0.4, 0.5) is 30.2 Å². The Morgan fingerprint density at radius 2 is 1.66 bits per heavy atom. The zero-order valence-electron chi connectivity index (χ0n) is 21.2. The Morgan fingerprint density at radius 3 is 2.29 bits per heavy atom. The summed E-state index contributed by atoms with van der Waals surface area (Å²) in [5, 5.41) is 8.32. The standard InChI is InChI=1S/C26H21F3N6O5S/c1-25(11-12-25)23(36)31-16-3-2-4-17(13-16)35-41(38,39)19-8-5-15(6-9-19)21-33-22(40-34-21)20-10-7-18(14-30-20)32-24(37)26(27,28)29/h2-10,13-14,35H,11-12H2,1H3,(H,31,36)(H,32,37). The highest BCUT2D eigenvalue weighted by Crippen LogP contribution is 2.45. The third kappa shape index (κ3) is 6.35. The van der Waals surface area contributed by atoms with E-state index in [1.807, 2.05) is 6.92 Å². The summed E-state index contributed by atoms with van der Waals surface area (Å²) in [5.74, 6) is -2.18. The highest BCUT2D eigenvalue weighted by atomic mass is 32.2. The quantitative estimate of drug-likeness (QED) is 0.265. The van der Waals surface area contributed by atoms with E-state index in [4.69, 9.17) is 4.52 Å². The number of rotatable bonds is 8. The van der Waals surface area contributed by atoms with E-state index in [9.17, 15) is 31.2 Å². The first kappa shape index (κ1) is 27.8. The maximum absolute atomic E-state index is 12.9. The Morgan fingerprint density at radius 1 is 0.951 bits per heavy atom. The Hall–Kier alpha value is -4.79. The van der Waals surface area contributed by atoms with Gasteiger partial charge in [0.05, 0.1) is 22.5 Å². The van der Waals surface area contributed by atoms with Crippen LogP contribution >= 0.6 is 0 Å². The van der Waals surface area contributed by atoms with Crippen molar-refractivity contribution >= 4 is 38.9 Å². The summed E-state index contributed by atoms with van der Waals surface area (Å²) in [6.45, 7) is 1.87. The Balaban J connectivity index is 1.25. The van der Waals surface area contributed by atoms with Crippen LogP contribution in [-0.4, -0.2) is 41.5 Å². The van der Waals surface area contributed by atoms with Crippen LogP contribution in [0.1, 0.15) is 19.8 Å². The fourth-order valence-corrected chi connectivity index (χ4v) is 4.64. The fourth-order valence-electron chi connectivity index (χ4n) is 3.60. The van der Waals surface area contributed by atoms with Gasteiger partial charge in [-0.15, -0.1) is 0 Å². The lowest BCUT2D eigenvalue weighted by atomic mass is 10.1. The van der Waals surface area contributed by atoms with Gasteiger partial charge < -0.3 is 15.2 Å². The van der Waals surface area contributed by atoms with Crippen molar-refractivity contribution < 1.29 is 35.7 Å². The van der Waals surface area contributed by atoms with Crippen LogP contribution in [0.2, 0.25) is 0 Å². The van der Waals surface area contributed by atoms with Crippen molar-refractivity contribution in [2.45, 2.75) is 30.8 Å². The van der Waals surface area contributed by atoms with Crippen molar-refractivity contribution in [1.82, 2.24) is 15.1 Å². The van der Waals surface area contributed by atoms with E-state index in [0.717, 1.165) is 19.0 Å². The van der Waals surface area contributed by atoms with Crippen LogP contribution in [0.15, 0.2) is 76.3 Å². The summed E-state index contributed by atoms with van der Waals surface area (Å²) in [7, 11) is -3.97. The van der Waals surface area contributed by atoms with Crippen molar-refractivity contribution in [1.29, 1.82) is 0 Å². The number of nitrogens with zero attached hydrogens (tertiary/aromatic N) is 3. The molecule has 1 aliphatic rings. The molecule has 2 aromatic carbocycles. The number of hydrogen-bond donors (Lipinski definition) is 3. The molecule has 4 aromatic rings. The molecule has 15 heteroatoms. The number of hydrogen-bond acceptors (Lipinski definition) is 8. The number of nitrogens with one attached hydrogen (secondary N) is 3. The van der Waals surface area contributed by atoms with Gasteiger partial charge >= 0.3 is 12.1 Å². The van der Waals surface area contributed by atoms with E-state index in [0.29, 0.717) is 11.3 Å². The van der Waals surface area contributed by atoms with E-state index >= 15 is 0 Å². The van der Waals surface area contributed by atoms with Gasteiger partial charge in [-0.1, -0.05) is 18.1 Å².